The van der Waals surface area contributed by atoms with Crippen LogP contribution >= 0.6 is 0 Å². The van der Waals surface area contributed by atoms with Crippen LogP contribution in [0.2, 0.25) is 0 Å². The quantitative estimate of drug-likeness (QED) is 0.739. The number of amides is 1. The maximum absolute atomic E-state index is 11.7. The number of hydrogen-bond donors (Lipinski definition) is 0. The van der Waals surface area contributed by atoms with Crippen molar-refractivity contribution in [3.05, 3.63) is 29.3 Å². The molecule has 0 unspecified atom stereocenters. The van der Waals surface area contributed by atoms with Crippen LogP contribution < -0.4 is 4.90 Å². The van der Waals surface area contributed by atoms with Crippen LogP contribution in [-0.4, -0.2) is 25.5 Å². The number of likely N-dealkylation sites (N-methyl/N-ethyl adjacent to an activating group) is 1. The number of rotatable bonds is 3. The van der Waals surface area contributed by atoms with Gasteiger partial charge in [-0.1, -0.05) is 12.1 Å². The van der Waals surface area contributed by atoms with Gasteiger partial charge < -0.3 is 9.64 Å². The van der Waals surface area contributed by atoms with Crippen LogP contribution in [0.3, 0.4) is 0 Å². The molecular weight excluding hydrogens is 218 g/mol. The molecule has 1 aliphatic heterocycles. The van der Waals surface area contributed by atoms with Gasteiger partial charge in [-0.15, -0.1) is 0 Å². The van der Waals surface area contributed by atoms with E-state index in [1.165, 1.54) is 7.11 Å². The smallest absolute Gasteiger partial charge is 0.309 e. The van der Waals surface area contributed by atoms with Crippen LogP contribution in [0.5, 0.6) is 0 Å². The molecule has 1 aromatic rings. The highest BCUT2D eigenvalue weighted by molar-refractivity contribution is 6.01. The van der Waals surface area contributed by atoms with Crippen molar-refractivity contribution < 1.29 is 14.3 Å². The summed E-state index contributed by atoms with van der Waals surface area (Å²) in [6, 6.07) is 5.69. The molecule has 0 saturated carbocycles. The molecule has 0 N–H and O–H groups in total. The summed E-state index contributed by atoms with van der Waals surface area (Å²) in [5, 5.41) is 0. The van der Waals surface area contributed by atoms with E-state index in [1.54, 1.807) is 4.90 Å². The van der Waals surface area contributed by atoms with E-state index in [0.29, 0.717) is 13.0 Å². The number of carbonyl (C=O) groups is 2. The molecule has 0 saturated heterocycles. The van der Waals surface area contributed by atoms with E-state index in [9.17, 15) is 9.59 Å². The predicted molar refractivity (Wildman–Crippen MR) is 63.9 cm³/mol. The Morgan fingerprint density at radius 1 is 1.47 bits per heavy atom. The average Bonchev–Trinajstić information content (AvgIpc) is 2.63. The van der Waals surface area contributed by atoms with Gasteiger partial charge in [0.25, 0.3) is 0 Å². The van der Waals surface area contributed by atoms with Crippen molar-refractivity contribution in [3.63, 3.8) is 0 Å². The van der Waals surface area contributed by atoms with Crippen molar-refractivity contribution in [2.45, 2.75) is 19.8 Å². The Morgan fingerprint density at radius 3 is 2.88 bits per heavy atom. The zero-order chi connectivity index (χ0) is 12.4. The first-order chi connectivity index (χ1) is 8.15. The van der Waals surface area contributed by atoms with Gasteiger partial charge in [0.1, 0.15) is 0 Å². The highest BCUT2D eigenvalue weighted by Gasteiger charge is 2.25. The first-order valence-electron chi connectivity index (χ1n) is 5.64. The van der Waals surface area contributed by atoms with Gasteiger partial charge >= 0.3 is 5.97 Å². The van der Waals surface area contributed by atoms with Crippen LogP contribution in [-0.2, 0) is 27.2 Å². The fourth-order valence-corrected chi connectivity index (χ4v) is 2.13. The van der Waals surface area contributed by atoms with E-state index in [-0.39, 0.29) is 18.3 Å². The lowest BCUT2D eigenvalue weighted by Crippen LogP contribution is -2.25. The van der Waals surface area contributed by atoms with E-state index >= 15 is 0 Å². The van der Waals surface area contributed by atoms with Crippen molar-refractivity contribution in [2.75, 3.05) is 18.6 Å². The Labute approximate surface area is 100 Å². The first-order valence-corrected chi connectivity index (χ1v) is 5.64. The van der Waals surface area contributed by atoms with Gasteiger partial charge in [-0.3, -0.25) is 9.59 Å². The largest absolute Gasteiger partial charge is 0.469 e. The predicted octanol–water partition coefficient (Wildman–Crippen LogP) is 1.31. The lowest BCUT2D eigenvalue weighted by molar-refractivity contribution is -0.139. The third-order valence-electron chi connectivity index (χ3n) is 2.97. The summed E-state index contributed by atoms with van der Waals surface area (Å²) in [5.41, 5.74) is 2.85. The third-order valence-corrected chi connectivity index (χ3v) is 2.97. The maximum atomic E-state index is 11.7. The second kappa shape index (κ2) is 4.57. The van der Waals surface area contributed by atoms with Crippen molar-refractivity contribution in [1.82, 2.24) is 0 Å². The standard InChI is InChI=1S/C13H15NO3/c1-3-14-11-5-4-9(7-13(16)17-2)6-10(11)8-12(14)15/h4-6H,3,7-8H2,1-2H3. The normalized spacial score (nSPS) is 13.8. The summed E-state index contributed by atoms with van der Waals surface area (Å²) in [5.74, 6) is -0.140. The topological polar surface area (TPSA) is 46.6 Å². The number of ether oxygens (including phenoxy) is 1. The zero-order valence-corrected chi connectivity index (χ0v) is 10.0. The van der Waals surface area contributed by atoms with Crippen molar-refractivity contribution in [3.8, 4) is 0 Å². The van der Waals surface area contributed by atoms with E-state index < -0.39 is 0 Å². The van der Waals surface area contributed by atoms with Crippen molar-refractivity contribution in [2.24, 2.45) is 0 Å². The Balaban J connectivity index is 2.25. The molecule has 4 nitrogen and oxygen atoms in total. The zero-order valence-electron chi connectivity index (χ0n) is 10.0. The highest BCUT2D eigenvalue weighted by Crippen LogP contribution is 2.29. The van der Waals surface area contributed by atoms with Gasteiger partial charge in [0.2, 0.25) is 5.91 Å². The van der Waals surface area contributed by atoms with Crippen LogP contribution in [0, 0.1) is 0 Å². The van der Waals surface area contributed by atoms with E-state index in [0.717, 1.165) is 16.8 Å². The monoisotopic (exact) mass is 233 g/mol. The Bertz CT molecular complexity index is 468. The van der Waals surface area contributed by atoms with Crippen LogP contribution in [0.1, 0.15) is 18.1 Å². The molecular formula is C13H15NO3. The molecule has 17 heavy (non-hydrogen) atoms. The number of hydrogen-bond acceptors (Lipinski definition) is 3. The Hall–Kier alpha value is -1.84. The van der Waals surface area contributed by atoms with Crippen molar-refractivity contribution >= 4 is 17.6 Å². The van der Waals surface area contributed by atoms with Crippen LogP contribution in [0.15, 0.2) is 18.2 Å². The molecule has 1 heterocycles. The molecule has 0 bridgehead atoms. The molecule has 1 aliphatic rings. The van der Waals surface area contributed by atoms with Crippen LogP contribution in [0.4, 0.5) is 5.69 Å². The van der Waals surface area contributed by atoms with Gasteiger partial charge in [0.05, 0.1) is 20.0 Å². The van der Waals surface area contributed by atoms with E-state index in [1.807, 2.05) is 25.1 Å². The molecule has 0 spiro atoms. The molecule has 2 rings (SSSR count). The lowest BCUT2D eigenvalue weighted by atomic mass is 10.1. The summed E-state index contributed by atoms with van der Waals surface area (Å²) >= 11 is 0. The van der Waals surface area contributed by atoms with E-state index in [4.69, 9.17) is 0 Å². The molecule has 0 aliphatic carbocycles. The average molecular weight is 233 g/mol. The molecule has 0 aromatic heterocycles. The number of carbonyl (C=O) groups excluding carboxylic acids is 2. The molecule has 0 fully saturated rings. The second-order valence-corrected chi connectivity index (χ2v) is 4.03. The number of esters is 1. The molecule has 0 radical (unpaired) electrons. The first kappa shape index (κ1) is 11.6. The van der Waals surface area contributed by atoms with Gasteiger partial charge in [0, 0.05) is 12.2 Å². The molecule has 1 amide bonds. The molecule has 4 heteroatoms. The molecule has 90 valence electrons. The SMILES string of the molecule is CCN1C(=O)Cc2cc(CC(=O)OC)ccc21. The Kier molecular flexibility index (Phi) is 3.13. The summed E-state index contributed by atoms with van der Waals surface area (Å²) in [7, 11) is 1.37. The number of anilines is 1. The number of methoxy groups -OCH3 is 1. The molecule has 1 aromatic carbocycles. The van der Waals surface area contributed by atoms with E-state index in [2.05, 4.69) is 4.74 Å². The minimum absolute atomic E-state index is 0.123. The second-order valence-electron chi connectivity index (χ2n) is 4.03. The third kappa shape index (κ3) is 2.16. The summed E-state index contributed by atoms with van der Waals surface area (Å²) in [4.78, 5) is 24.6. The Morgan fingerprint density at radius 2 is 2.24 bits per heavy atom. The van der Waals surface area contributed by atoms with Gasteiger partial charge in [-0.25, -0.2) is 0 Å². The molecule has 0 atom stereocenters. The lowest BCUT2D eigenvalue weighted by Gasteiger charge is -2.14. The van der Waals surface area contributed by atoms with Gasteiger partial charge in [-0.05, 0) is 24.1 Å². The number of fused-ring (bicyclic) bond motifs is 1. The number of benzene rings is 1. The summed E-state index contributed by atoms with van der Waals surface area (Å²) in [6.07, 6.45) is 0.683. The number of nitrogens with zero attached hydrogens (tertiary/aromatic N) is 1. The summed E-state index contributed by atoms with van der Waals surface area (Å²) < 4.78 is 4.62. The fraction of sp³-hybridized carbons (Fsp3) is 0.385. The van der Waals surface area contributed by atoms with Gasteiger partial charge in [-0.2, -0.15) is 0 Å². The minimum Gasteiger partial charge on any atom is -0.469 e. The highest BCUT2D eigenvalue weighted by atomic mass is 16.5. The summed E-state index contributed by atoms with van der Waals surface area (Å²) in [6.45, 7) is 2.64. The minimum atomic E-state index is -0.262. The van der Waals surface area contributed by atoms with Crippen molar-refractivity contribution in [1.29, 1.82) is 0 Å². The fourth-order valence-electron chi connectivity index (χ4n) is 2.13. The maximum Gasteiger partial charge on any atom is 0.309 e. The van der Waals surface area contributed by atoms with Gasteiger partial charge in [0.15, 0.2) is 0 Å². The van der Waals surface area contributed by atoms with Crippen LogP contribution in [0.25, 0.3) is 0 Å².